The Balaban J connectivity index is -0.0000000492. The molecule has 0 rings (SSSR count). The SMILES string of the molecule is N[C@@H](CC(=O)O)C(=O)[O-].N[C@@H](CC(=O)O)C(=O)[O-].O.O.O.[Ca+2]. The van der Waals surface area contributed by atoms with E-state index in [0.29, 0.717) is 0 Å². The van der Waals surface area contributed by atoms with E-state index in [-0.39, 0.29) is 54.2 Å². The molecule has 0 amide bonds. The first kappa shape index (κ1) is 37.3. The summed E-state index contributed by atoms with van der Waals surface area (Å²) >= 11 is 0. The summed E-state index contributed by atoms with van der Waals surface area (Å²) in [4.78, 5) is 39.0. The maximum atomic E-state index is 9.74. The molecule has 0 saturated carbocycles. The van der Waals surface area contributed by atoms with Gasteiger partial charge in [0.15, 0.2) is 0 Å². The zero-order valence-electron chi connectivity index (χ0n) is 11.3. The standard InChI is InChI=1S/2C4H7NO4.Ca.3H2O/c2*5-2(4(8)9)1-3(6)7;;;;/h2*2H,1,5H2,(H,6,7)(H,8,9);;3*1H2/q;;+2;;;/p-2/t2*2-;;;;/m00..../s1. The molecule has 0 aromatic rings. The van der Waals surface area contributed by atoms with Crippen molar-refractivity contribution in [3.8, 4) is 0 Å². The normalized spacial score (nSPS) is 10.3. The van der Waals surface area contributed by atoms with Gasteiger partial charge in [-0.1, -0.05) is 0 Å². The van der Waals surface area contributed by atoms with E-state index in [2.05, 4.69) is 0 Å². The quantitative estimate of drug-likeness (QED) is 0.325. The van der Waals surface area contributed by atoms with Crippen molar-refractivity contribution in [1.29, 1.82) is 0 Å². The Morgan fingerprint density at radius 1 is 0.773 bits per heavy atom. The molecule has 128 valence electrons. The second-order valence-corrected chi connectivity index (χ2v) is 3.05. The molecule has 2 atom stereocenters. The summed E-state index contributed by atoms with van der Waals surface area (Å²) in [6.45, 7) is 0. The van der Waals surface area contributed by atoms with Crippen LogP contribution in [-0.4, -0.2) is 100 Å². The molecule has 0 unspecified atom stereocenters. The summed E-state index contributed by atoms with van der Waals surface area (Å²) < 4.78 is 0. The van der Waals surface area contributed by atoms with E-state index >= 15 is 0 Å². The zero-order valence-corrected chi connectivity index (χ0v) is 13.5. The Labute approximate surface area is 153 Å². The number of rotatable bonds is 6. The van der Waals surface area contributed by atoms with Crippen molar-refractivity contribution in [2.45, 2.75) is 24.9 Å². The van der Waals surface area contributed by atoms with E-state index < -0.39 is 48.8 Å². The smallest absolute Gasteiger partial charge is 0.548 e. The van der Waals surface area contributed by atoms with E-state index in [1.807, 2.05) is 0 Å². The molecule has 14 heteroatoms. The van der Waals surface area contributed by atoms with E-state index in [1.54, 1.807) is 0 Å². The molecule has 0 bridgehead atoms. The minimum atomic E-state index is -1.54. The number of carbonyl (C=O) groups is 4. The van der Waals surface area contributed by atoms with Gasteiger partial charge < -0.3 is 57.9 Å². The first-order chi connectivity index (χ1) is 8.07. The van der Waals surface area contributed by atoms with Gasteiger partial charge in [-0.15, -0.1) is 0 Å². The van der Waals surface area contributed by atoms with Gasteiger partial charge in [0.25, 0.3) is 0 Å². The van der Waals surface area contributed by atoms with Gasteiger partial charge in [0.2, 0.25) is 0 Å². The van der Waals surface area contributed by atoms with Crippen LogP contribution in [0.2, 0.25) is 0 Å². The predicted molar refractivity (Wildman–Crippen MR) is 67.1 cm³/mol. The second kappa shape index (κ2) is 19.9. The van der Waals surface area contributed by atoms with Gasteiger partial charge in [0.05, 0.1) is 36.9 Å². The van der Waals surface area contributed by atoms with Crippen LogP contribution >= 0.6 is 0 Å². The molecule has 12 N–H and O–H groups in total. The third-order valence-corrected chi connectivity index (χ3v) is 1.39. The van der Waals surface area contributed by atoms with E-state index in [4.69, 9.17) is 21.7 Å². The average Bonchev–Trinajstić information content (AvgIpc) is 2.16. The van der Waals surface area contributed by atoms with Crippen LogP contribution in [0.15, 0.2) is 0 Å². The van der Waals surface area contributed by atoms with Gasteiger partial charge in [-0.3, -0.25) is 9.59 Å². The molecule has 0 spiro atoms. The average molecular weight is 358 g/mol. The molecular weight excluding hydrogens is 340 g/mol. The van der Waals surface area contributed by atoms with Crippen LogP contribution in [0.4, 0.5) is 0 Å². The first-order valence-electron chi connectivity index (χ1n) is 4.44. The molecule has 0 heterocycles. The monoisotopic (exact) mass is 358 g/mol. The number of hydrogen-bond donors (Lipinski definition) is 4. The largest absolute Gasteiger partial charge is 2.00 e. The number of carbonyl (C=O) groups excluding carboxylic acids is 2. The van der Waals surface area contributed by atoms with E-state index in [1.165, 1.54) is 0 Å². The number of hydrogen-bond acceptors (Lipinski definition) is 8. The van der Waals surface area contributed by atoms with Crippen LogP contribution in [0.1, 0.15) is 12.8 Å². The number of carboxylic acid groups (broad SMARTS) is 4. The third-order valence-electron chi connectivity index (χ3n) is 1.39. The fourth-order valence-electron chi connectivity index (χ4n) is 0.543. The Morgan fingerprint density at radius 3 is 1.00 bits per heavy atom. The van der Waals surface area contributed by atoms with Gasteiger partial charge in [-0.2, -0.15) is 0 Å². The summed E-state index contributed by atoms with van der Waals surface area (Å²) in [5.74, 6) is -5.58. The van der Waals surface area contributed by atoms with Gasteiger partial charge in [-0.05, 0) is 0 Å². The Kier molecular flexibility index (Phi) is 33.8. The molecule has 0 aliphatic carbocycles. The Hall–Kier alpha value is -1.06. The summed E-state index contributed by atoms with van der Waals surface area (Å²) in [5, 5.41) is 35.4. The summed E-state index contributed by atoms with van der Waals surface area (Å²) in [5.41, 5.74) is 9.55. The van der Waals surface area contributed by atoms with Crippen molar-refractivity contribution in [3.63, 3.8) is 0 Å². The van der Waals surface area contributed by atoms with Crippen molar-refractivity contribution in [2.24, 2.45) is 11.5 Å². The summed E-state index contributed by atoms with van der Waals surface area (Å²) in [6.07, 6.45) is -1.19. The molecule has 0 aromatic carbocycles. The van der Waals surface area contributed by atoms with Gasteiger partial charge in [0, 0.05) is 0 Å². The maximum Gasteiger partial charge on any atom is 2.00 e. The van der Waals surface area contributed by atoms with E-state index in [0.717, 1.165) is 0 Å². The molecular formula is C8H18CaN2O11. The van der Waals surface area contributed by atoms with Crippen molar-refractivity contribution >= 4 is 61.6 Å². The Bertz CT molecular complexity index is 306. The van der Waals surface area contributed by atoms with Crippen LogP contribution in [0.5, 0.6) is 0 Å². The molecule has 0 saturated heterocycles. The molecule has 0 aliphatic rings. The van der Waals surface area contributed by atoms with Crippen molar-refractivity contribution in [3.05, 3.63) is 0 Å². The van der Waals surface area contributed by atoms with Gasteiger partial charge in [-0.25, -0.2) is 0 Å². The van der Waals surface area contributed by atoms with Crippen molar-refractivity contribution < 1.29 is 56.0 Å². The van der Waals surface area contributed by atoms with Crippen LogP contribution in [0.3, 0.4) is 0 Å². The summed E-state index contributed by atoms with van der Waals surface area (Å²) in [7, 11) is 0. The molecule has 13 nitrogen and oxygen atoms in total. The molecule has 22 heavy (non-hydrogen) atoms. The molecule has 0 aliphatic heterocycles. The summed E-state index contributed by atoms with van der Waals surface area (Å²) in [6, 6.07) is -2.80. The van der Waals surface area contributed by atoms with Gasteiger partial charge >= 0.3 is 49.7 Å². The maximum absolute atomic E-state index is 9.74. The molecule has 0 fully saturated rings. The minimum Gasteiger partial charge on any atom is -0.548 e. The minimum absolute atomic E-state index is 0. The number of carboxylic acids is 4. The third kappa shape index (κ3) is 27.3. The number of aliphatic carboxylic acids is 4. The van der Waals surface area contributed by atoms with Gasteiger partial charge in [0.1, 0.15) is 0 Å². The van der Waals surface area contributed by atoms with Crippen LogP contribution in [0.25, 0.3) is 0 Å². The Morgan fingerprint density at radius 2 is 0.955 bits per heavy atom. The van der Waals surface area contributed by atoms with Crippen LogP contribution < -0.4 is 21.7 Å². The number of nitrogens with two attached hydrogens (primary N) is 2. The van der Waals surface area contributed by atoms with Crippen LogP contribution in [-0.2, 0) is 19.2 Å². The van der Waals surface area contributed by atoms with Crippen molar-refractivity contribution in [1.82, 2.24) is 0 Å². The topological polar surface area (TPSA) is 301 Å². The first-order valence-corrected chi connectivity index (χ1v) is 4.44. The molecule has 0 aromatic heterocycles. The fourth-order valence-corrected chi connectivity index (χ4v) is 0.543. The zero-order chi connectivity index (χ0) is 14.9. The predicted octanol–water partition coefficient (Wildman–Crippen LogP) is -7.78. The second-order valence-electron chi connectivity index (χ2n) is 3.05. The van der Waals surface area contributed by atoms with Crippen LogP contribution in [0, 0.1) is 0 Å². The van der Waals surface area contributed by atoms with Crippen molar-refractivity contribution in [2.75, 3.05) is 0 Å². The molecule has 0 radical (unpaired) electrons. The fraction of sp³-hybridized carbons (Fsp3) is 0.500. The van der Waals surface area contributed by atoms with E-state index in [9.17, 15) is 29.4 Å².